The molecule has 0 saturated carbocycles. The second kappa shape index (κ2) is 9.06. The molecule has 0 unspecified atom stereocenters. The molecule has 0 radical (unpaired) electrons. The summed E-state index contributed by atoms with van der Waals surface area (Å²) in [6, 6.07) is 3.58. The lowest BCUT2D eigenvalue weighted by Crippen LogP contribution is -2.48. The average Bonchev–Trinajstić information content (AvgIpc) is 3.21. The maximum Gasteiger partial charge on any atom is 0.264 e. The van der Waals surface area contributed by atoms with Gasteiger partial charge in [0.25, 0.3) is 5.91 Å². The van der Waals surface area contributed by atoms with Crippen LogP contribution in [0.25, 0.3) is 0 Å². The minimum atomic E-state index is -0.303. The van der Waals surface area contributed by atoms with Crippen molar-refractivity contribution in [3.63, 3.8) is 0 Å². The molecule has 0 spiro atoms. The highest BCUT2D eigenvalue weighted by Crippen LogP contribution is 2.22. The van der Waals surface area contributed by atoms with Crippen molar-refractivity contribution in [1.82, 2.24) is 10.2 Å². The van der Waals surface area contributed by atoms with Gasteiger partial charge >= 0.3 is 0 Å². The topological polar surface area (TPSA) is 49.4 Å². The highest BCUT2D eigenvalue weighted by molar-refractivity contribution is 7.12. The van der Waals surface area contributed by atoms with E-state index < -0.39 is 0 Å². The second-order valence-electron chi connectivity index (χ2n) is 6.39. The third-order valence-electron chi connectivity index (χ3n) is 4.43. The first kappa shape index (κ1) is 18.0. The molecule has 0 aliphatic carbocycles. The summed E-state index contributed by atoms with van der Waals surface area (Å²) in [5, 5.41) is 5.00. The Hall–Kier alpha value is -1.36. The quantitative estimate of drug-likeness (QED) is 0.734. The number of nitrogens with zero attached hydrogens (tertiary/aromatic N) is 1. The van der Waals surface area contributed by atoms with Crippen LogP contribution >= 0.6 is 11.3 Å². The molecule has 23 heavy (non-hydrogen) atoms. The van der Waals surface area contributed by atoms with Gasteiger partial charge in [0.2, 0.25) is 5.91 Å². The molecule has 2 atom stereocenters. The fourth-order valence-electron chi connectivity index (χ4n) is 3.11. The monoisotopic (exact) mass is 336 g/mol. The number of carbonyl (C=O) groups excluding carboxylic acids is 2. The summed E-state index contributed by atoms with van der Waals surface area (Å²) < 4.78 is 0. The number of thiophene rings is 1. The maximum atomic E-state index is 12.5. The SMILES string of the molecule is CCCCCC[C@H](C)NC(=O)[C@@H]1CCCN1C(=O)c1cccs1. The number of rotatable bonds is 8. The van der Waals surface area contributed by atoms with Crippen molar-refractivity contribution < 1.29 is 9.59 Å². The van der Waals surface area contributed by atoms with E-state index in [9.17, 15) is 9.59 Å². The van der Waals surface area contributed by atoms with Crippen molar-refractivity contribution in [1.29, 1.82) is 0 Å². The molecule has 0 aromatic carbocycles. The maximum absolute atomic E-state index is 12.5. The van der Waals surface area contributed by atoms with Crippen LogP contribution in [0.4, 0.5) is 0 Å². The lowest BCUT2D eigenvalue weighted by molar-refractivity contribution is -0.125. The molecule has 1 aliphatic heterocycles. The Balaban J connectivity index is 1.84. The molecule has 5 heteroatoms. The van der Waals surface area contributed by atoms with E-state index in [0.717, 1.165) is 30.6 Å². The lowest BCUT2D eigenvalue weighted by Gasteiger charge is -2.25. The van der Waals surface area contributed by atoms with Gasteiger partial charge in [-0.15, -0.1) is 11.3 Å². The Morgan fingerprint density at radius 1 is 1.39 bits per heavy atom. The molecule has 1 N–H and O–H groups in total. The second-order valence-corrected chi connectivity index (χ2v) is 7.34. The number of hydrogen-bond donors (Lipinski definition) is 1. The third-order valence-corrected chi connectivity index (χ3v) is 5.29. The average molecular weight is 337 g/mol. The van der Waals surface area contributed by atoms with E-state index in [1.165, 1.54) is 30.6 Å². The number of hydrogen-bond acceptors (Lipinski definition) is 3. The van der Waals surface area contributed by atoms with Gasteiger partial charge < -0.3 is 10.2 Å². The molecule has 1 aromatic heterocycles. The van der Waals surface area contributed by atoms with Crippen LogP contribution in [0.15, 0.2) is 17.5 Å². The Bertz CT molecular complexity index is 501. The molecule has 1 aliphatic rings. The van der Waals surface area contributed by atoms with Gasteiger partial charge in [-0.05, 0) is 37.6 Å². The van der Waals surface area contributed by atoms with E-state index in [-0.39, 0.29) is 23.9 Å². The van der Waals surface area contributed by atoms with Crippen LogP contribution in [0.3, 0.4) is 0 Å². The van der Waals surface area contributed by atoms with E-state index in [2.05, 4.69) is 19.2 Å². The molecule has 2 rings (SSSR count). The zero-order valence-corrected chi connectivity index (χ0v) is 15.0. The van der Waals surface area contributed by atoms with Crippen LogP contribution in [-0.4, -0.2) is 35.3 Å². The van der Waals surface area contributed by atoms with Gasteiger partial charge in [0.15, 0.2) is 0 Å². The van der Waals surface area contributed by atoms with Gasteiger partial charge in [-0.1, -0.05) is 38.7 Å². The zero-order chi connectivity index (χ0) is 16.7. The van der Waals surface area contributed by atoms with Crippen molar-refractivity contribution >= 4 is 23.2 Å². The molecule has 0 bridgehead atoms. The van der Waals surface area contributed by atoms with Crippen molar-refractivity contribution in [2.24, 2.45) is 0 Å². The van der Waals surface area contributed by atoms with Crippen molar-refractivity contribution in [3.8, 4) is 0 Å². The van der Waals surface area contributed by atoms with Gasteiger partial charge in [-0.3, -0.25) is 9.59 Å². The van der Waals surface area contributed by atoms with Crippen LogP contribution in [-0.2, 0) is 4.79 Å². The van der Waals surface area contributed by atoms with E-state index in [4.69, 9.17) is 0 Å². The summed E-state index contributed by atoms with van der Waals surface area (Å²) in [5.41, 5.74) is 0. The van der Waals surface area contributed by atoms with Crippen LogP contribution in [0.5, 0.6) is 0 Å². The van der Waals surface area contributed by atoms with Crippen molar-refractivity contribution in [2.75, 3.05) is 6.54 Å². The minimum Gasteiger partial charge on any atom is -0.352 e. The van der Waals surface area contributed by atoms with Gasteiger partial charge in [-0.2, -0.15) is 0 Å². The number of likely N-dealkylation sites (tertiary alicyclic amines) is 1. The smallest absolute Gasteiger partial charge is 0.264 e. The molecule has 2 amide bonds. The van der Waals surface area contributed by atoms with Crippen molar-refractivity contribution in [3.05, 3.63) is 22.4 Å². The van der Waals surface area contributed by atoms with E-state index >= 15 is 0 Å². The molecule has 4 nitrogen and oxygen atoms in total. The first-order chi connectivity index (χ1) is 11.1. The fourth-order valence-corrected chi connectivity index (χ4v) is 3.79. The summed E-state index contributed by atoms with van der Waals surface area (Å²) in [6.45, 7) is 4.94. The Kier molecular flexibility index (Phi) is 7.09. The van der Waals surface area contributed by atoms with E-state index in [1.807, 2.05) is 17.5 Å². The lowest BCUT2D eigenvalue weighted by atomic mass is 10.1. The predicted molar refractivity (Wildman–Crippen MR) is 94.7 cm³/mol. The highest BCUT2D eigenvalue weighted by Gasteiger charge is 2.35. The first-order valence-corrected chi connectivity index (χ1v) is 9.66. The normalized spacial score (nSPS) is 18.9. The van der Waals surface area contributed by atoms with Crippen LogP contribution in [0.2, 0.25) is 0 Å². The minimum absolute atomic E-state index is 0.00625. The Morgan fingerprint density at radius 2 is 2.22 bits per heavy atom. The van der Waals surface area contributed by atoms with E-state index in [0.29, 0.717) is 6.54 Å². The third kappa shape index (κ3) is 5.06. The summed E-state index contributed by atoms with van der Waals surface area (Å²) >= 11 is 1.44. The molecular weight excluding hydrogens is 308 g/mol. The van der Waals surface area contributed by atoms with Gasteiger partial charge in [-0.25, -0.2) is 0 Å². The van der Waals surface area contributed by atoms with Crippen LogP contribution in [0.1, 0.15) is 68.5 Å². The molecule has 2 heterocycles. The predicted octanol–water partition coefficient (Wildman–Crippen LogP) is 3.83. The molecule has 1 aromatic rings. The molecule has 1 fully saturated rings. The number of carbonyl (C=O) groups is 2. The molecule has 128 valence electrons. The molecule has 1 saturated heterocycles. The number of nitrogens with one attached hydrogen (secondary N) is 1. The zero-order valence-electron chi connectivity index (χ0n) is 14.2. The number of unbranched alkanes of at least 4 members (excludes halogenated alkanes) is 3. The van der Waals surface area contributed by atoms with Gasteiger partial charge in [0.05, 0.1) is 4.88 Å². The van der Waals surface area contributed by atoms with Gasteiger partial charge in [0.1, 0.15) is 6.04 Å². The first-order valence-electron chi connectivity index (χ1n) is 8.78. The van der Waals surface area contributed by atoms with Crippen LogP contribution in [0, 0.1) is 0 Å². The summed E-state index contributed by atoms with van der Waals surface area (Å²) in [5.74, 6) is 0.00338. The fraction of sp³-hybridized carbons (Fsp3) is 0.667. The summed E-state index contributed by atoms with van der Waals surface area (Å²) in [6.07, 6.45) is 7.54. The summed E-state index contributed by atoms with van der Waals surface area (Å²) in [4.78, 5) is 27.5. The van der Waals surface area contributed by atoms with Gasteiger partial charge in [0, 0.05) is 12.6 Å². The van der Waals surface area contributed by atoms with E-state index in [1.54, 1.807) is 4.90 Å². The highest BCUT2D eigenvalue weighted by atomic mass is 32.1. The standard InChI is InChI=1S/C18H28N2O2S/c1-3-4-5-6-9-14(2)19-17(21)15-10-7-12-20(15)18(22)16-11-8-13-23-16/h8,11,13-15H,3-7,9-10,12H2,1-2H3,(H,19,21)/t14-,15-/m0/s1. The largest absolute Gasteiger partial charge is 0.352 e. The Labute approximate surface area is 143 Å². The summed E-state index contributed by atoms with van der Waals surface area (Å²) in [7, 11) is 0. The Morgan fingerprint density at radius 3 is 2.91 bits per heavy atom. The van der Waals surface area contributed by atoms with Crippen LogP contribution < -0.4 is 5.32 Å². The number of amides is 2. The van der Waals surface area contributed by atoms with Crippen molar-refractivity contribution in [2.45, 2.75) is 70.9 Å². The molecular formula is C18H28N2O2S.